The smallest absolute Gasteiger partial charge is 0.253 e. The van der Waals surface area contributed by atoms with Crippen LogP contribution < -0.4 is 5.32 Å². The van der Waals surface area contributed by atoms with E-state index in [4.69, 9.17) is 11.6 Å². The van der Waals surface area contributed by atoms with Crippen LogP contribution in [0.15, 0.2) is 24.3 Å². The standard InChI is InChI=1S/C13H17ClN2O/c1-10-6-8-16(9-7-15-10)13(17)11-2-4-12(14)5-3-11/h2-5,10,15H,6-9H2,1H3. The molecule has 2 rings (SSSR count). The molecule has 1 aromatic carbocycles. The highest BCUT2D eigenvalue weighted by molar-refractivity contribution is 6.30. The lowest BCUT2D eigenvalue weighted by Gasteiger charge is -2.20. The molecule has 1 saturated heterocycles. The Hall–Kier alpha value is -1.06. The molecule has 1 heterocycles. The molecule has 1 aliphatic rings. The van der Waals surface area contributed by atoms with E-state index in [9.17, 15) is 4.79 Å². The number of nitrogens with zero attached hydrogens (tertiary/aromatic N) is 1. The first-order valence-electron chi connectivity index (χ1n) is 5.95. The summed E-state index contributed by atoms with van der Waals surface area (Å²) in [6.07, 6.45) is 0.999. The van der Waals surface area contributed by atoms with E-state index in [1.807, 2.05) is 4.90 Å². The summed E-state index contributed by atoms with van der Waals surface area (Å²) >= 11 is 5.81. The highest BCUT2D eigenvalue weighted by atomic mass is 35.5. The largest absolute Gasteiger partial charge is 0.337 e. The zero-order valence-corrected chi connectivity index (χ0v) is 10.7. The summed E-state index contributed by atoms with van der Waals surface area (Å²) in [4.78, 5) is 14.1. The van der Waals surface area contributed by atoms with Crippen molar-refractivity contribution in [3.8, 4) is 0 Å². The average molecular weight is 253 g/mol. The van der Waals surface area contributed by atoms with Crippen LogP contribution in [0.3, 0.4) is 0 Å². The van der Waals surface area contributed by atoms with E-state index in [1.54, 1.807) is 24.3 Å². The fraction of sp³-hybridized carbons (Fsp3) is 0.462. The van der Waals surface area contributed by atoms with Crippen LogP contribution in [0.5, 0.6) is 0 Å². The lowest BCUT2D eigenvalue weighted by molar-refractivity contribution is 0.0765. The summed E-state index contributed by atoms with van der Waals surface area (Å²) in [5, 5.41) is 4.03. The molecule has 1 unspecified atom stereocenters. The maximum Gasteiger partial charge on any atom is 0.253 e. The Morgan fingerprint density at radius 2 is 2.06 bits per heavy atom. The minimum Gasteiger partial charge on any atom is -0.337 e. The van der Waals surface area contributed by atoms with Crippen molar-refractivity contribution in [2.24, 2.45) is 0 Å². The van der Waals surface area contributed by atoms with Crippen molar-refractivity contribution in [2.75, 3.05) is 19.6 Å². The van der Waals surface area contributed by atoms with Gasteiger partial charge in [0.05, 0.1) is 0 Å². The van der Waals surface area contributed by atoms with E-state index >= 15 is 0 Å². The maximum absolute atomic E-state index is 12.2. The molecule has 1 N–H and O–H groups in total. The number of benzene rings is 1. The Balaban J connectivity index is 2.06. The Kier molecular flexibility index (Phi) is 4.02. The molecule has 1 atom stereocenters. The Morgan fingerprint density at radius 3 is 2.76 bits per heavy atom. The zero-order chi connectivity index (χ0) is 12.3. The topological polar surface area (TPSA) is 32.3 Å². The molecular formula is C13H17ClN2O. The van der Waals surface area contributed by atoms with E-state index in [-0.39, 0.29) is 5.91 Å². The van der Waals surface area contributed by atoms with Crippen LogP contribution in [0, 0.1) is 0 Å². The van der Waals surface area contributed by atoms with Crippen LogP contribution in [0.4, 0.5) is 0 Å². The molecule has 0 aliphatic carbocycles. The fourth-order valence-corrected chi connectivity index (χ4v) is 2.11. The number of carbonyl (C=O) groups is 1. The third kappa shape index (κ3) is 3.20. The quantitative estimate of drug-likeness (QED) is 0.831. The van der Waals surface area contributed by atoms with Crippen molar-refractivity contribution in [2.45, 2.75) is 19.4 Å². The molecule has 4 heteroatoms. The minimum atomic E-state index is 0.0950. The monoisotopic (exact) mass is 252 g/mol. The van der Waals surface area contributed by atoms with Gasteiger partial charge < -0.3 is 10.2 Å². The molecule has 0 saturated carbocycles. The van der Waals surface area contributed by atoms with Gasteiger partial charge in [0.15, 0.2) is 0 Å². The third-order valence-corrected chi connectivity index (χ3v) is 3.34. The molecule has 0 radical (unpaired) electrons. The van der Waals surface area contributed by atoms with Gasteiger partial charge in [0, 0.05) is 36.3 Å². The fourth-order valence-electron chi connectivity index (χ4n) is 1.99. The number of carbonyl (C=O) groups excluding carboxylic acids is 1. The Bertz CT molecular complexity index is 391. The Labute approximate surface area is 107 Å². The average Bonchev–Trinajstić information content (AvgIpc) is 2.54. The van der Waals surface area contributed by atoms with Crippen molar-refractivity contribution in [1.29, 1.82) is 0 Å². The van der Waals surface area contributed by atoms with Gasteiger partial charge in [-0.3, -0.25) is 4.79 Å². The number of nitrogens with one attached hydrogen (secondary N) is 1. The minimum absolute atomic E-state index is 0.0950. The number of halogens is 1. The predicted molar refractivity (Wildman–Crippen MR) is 69.4 cm³/mol. The normalized spacial score (nSPS) is 21.1. The molecule has 1 amide bonds. The second-order valence-corrected chi connectivity index (χ2v) is 4.88. The number of hydrogen-bond acceptors (Lipinski definition) is 2. The van der Waals surface area contributed by atoms with Gasteiger partial charge >= 0.3 is 0 Å². The van der Waals surface area contributed by atoms with Crippen LogP contribution in [0.25, 0.3) is 0 Å². The summed E-state index contributed by atoms with van der Waals surface area (Å²) in [5.41, 5.74) is 0.712. The van der Waals surface area contributed by atoms with Gasteiger partial charge in [0.2, 0.25) is 0 Å². The van der Waals surface area contributed by atoms with Crippen molar-refractivity contribution < 1.29 is 4.79 Å². The van der Waals surface area contributed by atoms with Crippen molar-refractivity contribution in [3.05, 3.63) is 34.9 Å². The molecule has 0 bridgehead atoms. The van der Waals surface area contributed by atoms with Gasteiger partial charge in [0.1, 0.15) is 0 Å². The van der Waals surface area contributed by atoms with Gasteiger partial charge in [-0.1, -0.05) is 11.6 Å². The van der Waals surface area contributed by atoms with Gasteiger partial charge in [-0.05, 0) is 37.6 Å². The lowest BCUT2D eigenvalue weighted by atomic mass is 10.2. The highest BCUT2D eigenvalue weighted by Gasteiger charge is 2.18. The van der Waals surface area contributed by atoms with Crippen molar-refractivity contribution >= 4 is 17.5 Å². The van der Waals surface area contributed by atoms with Crippen molar-refractivity contribution in [1.82, 2.24) is 10.2 Å². The second-order valence-electron chi connectivity index (χ2n) is 4.44. The lowest BCUT2D eigenvalue weighted by Crippen LogP contribution is -2.34. The Morgan fingerprint density at radius 1 is 1.35 bits per heavy atom. The van der Waals surface area contributed by atoms with Gasteiger partial charge in [-0.25, -0.2) is 0 Å². The van der Waals surface area contributed by atoms with E-state index in [1.165, 1.54) is 0 Å². The molecule has 0 aromatic heterocycles. The first kappa shape index (κ1) is 12.4. The third-order valence-electron chi connectivity index (χ3n) is 3.08. The summed E-state index contributed by atoms with van der Waals surface area (Å²) in [6, 6.07) is 7.57. The van der Waals surface area contributed by atoms with Crippen LogP contribution >= 0.6 is 11.6 Å². The maximum atomic E-state index is 12.2. The van der Waals surface area contributed by atoms with Crippen molar-refractivity contribution in [3.63, 3.8) is 0 Å². The number of hydrogen-bond donors (Lipinski definition) is 1. The molecule has 3 nitrogen and oxygen atoms in total. The molecule has 0 spiro atoms. The van der Waals surface area contributed by atoms with E-state index in [2.05, 4.69) is 12.2 Å². The molecular weight excluding hydrogens is 236 g/mol. The van der Waals surface area contributed by atoms with Crippen LogP contribution in [-0.4, -0.2) is 36.5 Å². The first-order valence-corrected chi connectivity index (χ1v) is 6.33. The number of rotatable bonds is 1. The summed E-state index contributed by atoms with van der Waals surface area (Å²) in [5.74, 6) is 0.0950. The van der Waals surface area contributed by atoms with Gasteiger partial charge in [-0.2, -0.15) is 0 Å². The van der Waals surface area contributed by atoms with E-state index < -0.39 is 0 Å². The summed E-state index contributed by atoms with van der Waals surface area (Å²) < 4.78 is 0. The predicted octanol–water partition coefficient (Wildman–Crippen LogP) is 2.16. The van der Waals surface area contributed by atoms with Crippen LogP contribution in [0.1, 0.15) is 23.7 Å². The first-order chi connectivity index (χ1) is 8.16. The summed E-state index contributed by atoms with van der Waals surface area (Å²) in [7, 11) is 0. The highest BCUT2D eigenvalue weighted by Crippen LogP contribution is 2.12. The van der Waals surface area contributed by atoms with Gasteiger partial charge in [0.25, 0.3) is 5.91 Å². The SMILES string of the molecule is CC1CCN(C(=O)c2ccc(Cl)cc2)CCN1. The molecule has 1 aliphatic heterocycles. The van der Waals surface area contributed by atoms with Gasteiger partial charge in [-0.15, -0.1) is 0 Å². The van der Waals surface area contributed by atoms with E-state index in [0.29, 0.717) is 16.6 Å². The molecule has 1 aromatic rings. The van der Waals surface area contributed by atoms with Crippen LogP contribution in [-0.2, 0) is 0 Å². The van der Waals surface area contributed by atoms with Crippen LogP contribution in [0.2, 0.25) is 5.02 Å². The number of amides is 1. The molecule has 92 valence electrons. The molecule has 17 heavy (non-hydrogen) atoms. The molecule has 1 fully saturated rings. The second kappa shape index (κ2) is 5.52. The summed E-state index contributed by atoms with van der Waals surface area (Å²) in [6.45, 7) is 4.60. The zero-order valence-electron chi connectivity index (χ0n) is 9.95. The van der Waals surface area contributed by atoms with E-state index in [0.717, 1.165) is 26.1 Å².